The Morgan fingerprint density at radius 2 is 1.65 bits per heavy atom. The summed E-state index contributed by atoms with van der Waals surface area (Å²) in [6, 6.07) is 14.0. The van der Waals surface area contributed by atoms with Crippen LogP contribution < -0.4 is 16.0 Å². The van der Waals surface area contributed by atoms with Crippen molar-refractivity contribution >= 4 is 34.8 Å². The molecule has 0 unspecified atom stereocenters. The van der Waals surface area contributed by atoms with E-state index in [1.165, 1.54) is 0 Å². The predicted octanol–water partition coefficient (Wildman–Crippen LogP) is 2.48. The third-order valence-corrected chi connectivity index (χ3v) is 3.35. The Labute approximate surface area is 140 Å². The van der Waals surface area contributed by atoms with Crippen LogP contribution in [-0.2, 0) is 0 Å². The maximum absolute atomic E-state index is 12.1. The van der Waals surface area contributed by atoms with Crippen LogP contribution in [0.15, 0.2) is 48.5 Å². The first-order valence-electron chi connectivity index (χ1n) is 7.01. The fraction of sp³-hybridized carbons (Fsp3) is 0.118. The number of anilines is 1. The predicted molar refractivity (Wildman–Crippen MR) is 94.7 cm³/mol. The maximum Gasteiger partial charge on any atom is 0.257 e. The third kappa shape index (κ3) is 4.62. The van der Waals surface area contributed by atoms with Gasteiger partial charge in [0.15, 0.2) is 5.11 Å². The second kappa shape index (κ2) is 7.51. The molecule has 0 saturated heterocycles. The molecule has 0 spiro atoms. The standard InChI is InChI=1S/C17H17N3O2S/c1-11-6-8-12(9-7-11)16(22)20-17(23)19-14-5-3-4-13(10-14)15(21)18-2/h3-10H,1-2H3,(H,18,21)(H2,19,20,22,23). The fourth-order valence-electron chi connectivity index (χ4n) is 1.93. The highest BCUT2D eigenvalue weighted by atomic mass is 32.1. The maximum atomic E-state index is 12.1. The molecule has 3 N–H and O–H groups in total. The van der Waals surface area contributed by atoms with Gasteiger partial charge in [0.05, 0.1) is 0 Å². The molecule has 0 aromatic heterocycles. The van der Waals surface area contributed by atoms with Crippen molar-refractivity contribution in [2.45, 2.75) is 6.92 Å². The SMILES string of the molecule is CNC(=O)c1cccc(NC(=S)NC(=O)c2ccc(C)cc2)c1. The minimum atomic E-state index is -0.287. The van der Waals surface area contributed by atoms with E-state index >= 15 is 0 Å². The van der Waals surface area contributed by atoms with Gasteiger partial charge in [0, 0.05) is 23.9 Å². The van der Waals surface area contributed by atoms with Crippen LogP contribution in [-0.4, -0.2) is 24.0 Å². The van der Waals surface area contributed by atoms with Gasteiger partial charge in [-0.3, -0.25) is 14.9 Å². The lowest BCUT2D eigenvalue weighted by Crippen LogP contribution is -2.34. The monoisotopic (exact) mass is 327 g/mol. The number of carbonyl (C=O) groups is 2. The minimum absolute atomic E-state index is 0.171. The molecule has 0 heterocycles. The number of nitrogens with one attached hydrogen (secondary N) is 3. The summed E-state index contributed by atoms with van der Waals surface area (Å²) in [7, 11) is 1.56. The molecule has 2 aromatic carbocycles. The van der Waals surface area contributed by atoms with Gasteiger partial charge in [-0.1, -0.05) is 23.8 Å². The van der Waals surface area contributed by atoms with Crippen molar-refractivity contribution in [1.82, 2.24) is 10.6 Å². The number of benzene rings is 2. The molecule has 0 bridgehead atoms. The summed E-state index contributed by atoms with van der Waals surface area (Å²) >= 11 is 5.13. The zero-order valence-corrected chi connectivity index (χ0v) is 13.7. The summed E-state index contributed by atoms with van der Waals surface area (Å²) in [5.41, 5.74) is 2.73. The van der Waals surface area contributed by atoms with Crippen molar-refractivity contribution in [3.05, 3.63) is 65.2 Å². The van der Waals surface area contributed by atoms with E-state index in [1.807, 2.05) is 19.1 Å². The van der Waals surface area contributed by atoms with Gasteiger partial charge in [0.1, 0.15) is 0 Å². The van der Waals surface area contributed by atoms with Crippen LogP contribution in [0, 0.1) is 6.92 Å². The number of amides is 2. The summed E-state index contributed by atoms with van der Waals surface area (Å²) in [5.74, 6) is -0.479. The van der Waals surface area contributed by atoms with Crippen LogP contribution in [0.3, 0.4) is 0 Å². The van der Waals surface area contributed by atoms with Crippen LogP contribution in [0.2, 0.25) is 0 Å². The van der Waals surface area contributed by atoms with Gasteiger partial charge < -0.3 is 10.6 Å². The minimum Gasteiger partial charge on any atom is -0.355 e. The molecule has 2 aromatic rings. The largest absolute Gasteiger partial charge is 0.355 e. The molecule has 118 valence electrons. The Hall–Kier alpha value is -2.73. The number of rotatable bonds is 3. The lowest BCUT2D eigenvalue weighted by atomic mass is 10.1. The third-order valence-electron chi connectivity index (χ3n) is 3.15. The van der Waals surface area contributed by atoms with Crippen molar-refractivity contribution in [3.8, 4) is 0 Å². The Morgan fingerprint density at radius 3 is 2.30 bits per heavy atom. The molecule has 0 aliphatic rings. The Balaban J connectivity index is 2.00. The quantitative estimate of drug-likeness (QED) is 0.758. The highest BCUT2D eigenvalue weighted by molar-refractivity contribution is 7.80. The first-order chi connectivity index (χ1) is 11.0. The normalized spacial score (nSPS) is 9.83. The smallest absolute Gasteiger partial charge is 0.257 e. The van der Waals surface area contributed by atoms with E-state index in [4.69, 9.17) is 12.2 Å². The van der Waals surface area contributed by atoms with Crippen LogP contribution in [0.25, 0.3) is 0 Å². The molecule has 6 heteroatoms. The fourth-order valence-corrected chi connectivity index (χ4v) is 2.14. The van der Waals surface area contributed by atoms with Crippen molar-refractivity contribution in [2.75, 3.05) is 12.4 Å². The van der Waals surface area contributed by atoms with Gasteiger partial charge in [-0.15, -0.1) is 0 Å². The van der Waals surface area contributed by atoms with Crippen molar-refractivity contribution in [1.29, 1.82) is 0 Å². The Kier molecular flexibility index (Phi) is 5.43. The number of hydrogen-bond donors (Lipinski definition) is 3. The molecule has 0 radical (unpaired) electrons. The lowest BCUT2D eigenvalue weighted by molar-refractivity contribution is 0.0959. The Bertz CT molecular complexity index is 742. The summed E-state index contributed by atoms with van der Waals surface area (Å²) in [5, 5.41) is 8.22. The molecular formula is C17H17N3O2S. The number of carbonyl (C=O) groups excluding carboxylic acids is 2. The van der Waals surface area contributed by atoms with Gasteiger partial charge in [-0.05, 0) is 49.5 Å². The second-order valence-electron chi connectivity index (χ2n) is 4.93. The van der Waals surface area contributed by atoms with Crippen LogP contribution in [0.4, 0.5) is 5.69 Å². The molecule has 23 heavy (non-hydrogen) atoms. The molecule has 0 aliphatic carbocycles. The molecule has 0 aliphatic heterocycles. The summed E-state index contributed by atoms with van der Waals surface area (Å²) in [6.07, 6.45) is 0. The molecular weight excluding hydrogens is 310 g/mol. The van der Waals surface area contributed by atoms with Gasteiger partial charge in [-0.2, -0.15) is 0 Å². The number of thiocarbonyl (C=S) groups is 1. The topological polar surface area (TPSA) is 70.2 Å². The molecule has 2 amide bonds. The highest BCUT2D eigenvalue weighted by Crippen LogP contribution is 2.10. The van der Waals surface area contributed by atoms with Crippen molar-refractivity contribution in [3.63, 3.8) is 0 Å². The van der Waals surface area contributed by atoms with Crippen LogP contribution in [0.5, 0.6) is 0 Å². The highest BCUT2D eigenvalue weighted by Gasteiger charge is 2.09. The first kappa shape index (κ1) is 16.6. The zero-order chi connectivity index (χ0) is 16.8. The van der Waals surface area contributed by atoms with Crippen molar-refractivity contribution < 1.29 is 9.59 Å². The molecule has 0 saturated carbocycles. The van der Waals surface area contributed by atoms with E-state index in [9.17, 15) is 9.59 Å². The first-order valence-corrected chi connectivity index (χ1v) is 7.41. The van der Waals surface area contributed by atoms with Gasteiger partial charge in [-0.25, -0.2) is 0 Å². The van der Waals surface area contributed by atoms with E-state index in [-0.39, 0.29) is 16.9 Å². The molecule has 2 rings (SSSR count). The van der Waals surface area contributed by atoms with Crippen molar-refractivity contribution in [2.24, 2.45) is 0 Å². The van der Waals surface area contributed by atoms with E-state index in [1.54, 1.807) is 43.4 Å². The van der Waals surface area contributed by atoms with E-state index in [2.05, 4.69) is 16.0 Å². The molecule has 0 atom stereocenters. The number of aryl methyl sites for hydroxylation is 1. The number of hydrogen-bond acceptors (Lipinski definition) is 3. The van der Waals surface area contributed by atoms with E-state index in [0.717, 1.165) is 5.56 Å². The zero-order valence-electron chi connectivity index (χ0n) is 12.8. The van der Waals surface area contributed by atoms with Crippen LogP contribution in [0.1, 0.15) is 26.3 Å². The Morgan fingerprint density at radius 1 is 0.957 bits per heavy atom. The van der Waals surface area contributed by atoms with E-state index < -0.39 is 0 Å². The summed E-state index contributed by atoms with van der Waals surface area (Å²) in [6.45, 7) is 1.95. The molecule has 5 nitrogen and oxygen atoms in total. The molecule has 0 fully saturated rings. The van der Waals surface area contributed by atoms with Gasteiger partial charge in [0.25, 0.3) is 11.8 Å². The average molecular weight is 327 g/mol. The average Bonchev–Trinajstić information content (AvgIpc) is 2.54. The van der Waals surface area contributed by atoms with Gasteiger partial charge >= 0.3 is 0 Å². The second-order valence-corrected chi connectivity index (χ2v) is 5.34. The lowest BCUT2D eigenvalue weighted by Gasteiger charge is -2.10. The van der Waals surface area contributed by atoms with Gasteiger partial charge in [0.2, 0.25) is 0 Å². The summed E-state index contributed by atoms with van der Waals surface area (Å²) < 4.78 is 0. The van der Waals surface area contributed by atoms with Crippen LogP contribution >= 0.6 is 12.2 Å². The summed E-state index contributed by atoms with van der Waals surface area (Å²) in [4.78, 5) is 23.7. The van der Waals surface area contributed by atoms with E-state index in [0.29, 0.717) is 16.8 Å².